The van der Waals surface area contributed by atoms with Gasteiger partial charge in [-0.2, -0.15) is 0 Å². The molecule has 0 fully saturated rings. The summed E-state index contributed by atoms with van der Waals surface area (Å²) in [7, 11) is 0. The Hall–Kier alpha value is -3.60. The number of furan rings is 1. The third-order valence-electron chi connectivity index (χ3n) is 6.28. The van der Waals surface area contributed by atoms with E-state index < -0.39 is 0 Å². The zero-order chi connectivity index (χ0) is 25.6. The Morgan fingerprint density at radius 3 is 2.28 bits per heavy atom. The average molecular weight is 487 g/mol. The van der Waals surface area contributed by atoms with Gasteiger partial charge in [-0.25, -0.2) is 0 Å². The van der Waals surface area contributed by atoms with Gasteiger partial charge in [-0.3, -0.25) is 9.59 Å². The Balaban J connectivity index is 1.65. The van der Waals surface area contributed by atoms with Crippen LogP contribution in [-0.4, -0.2) is 41.2 Å². The number of rotatable bonds is 15. The highest BCUT2D eigenvalue weighted by molar-refractivity contribution is 5.96. The first-order valence-electron chi connectivity index (χ1n) is 12.9. The van der Waals surface area contributed by atoms with Gasteiger partial charge < -0.3 is 14.2 Å². The van der Waals surface area contributed by atoms with E-state index in [1.807, 2.05) is 54.6 Å². The maximum atomic E-state index is 13.4. The molecule has 36 heavy (non-hydrogen) atoms. The van der Waals surface area contributed by atoms with E-state index >= 15 is 0 Å². The molecule has 0 saturated heterocycles. The second-order valence-corrected chi connectivity index (χ2v) is 9.11. The van der Waals surface area contributed by atoms with Crippen LogP contribution >= 0.6 is 0 Å². The normalized spacial score (nSPS) is 10.7. The Morgan fingerprint density at radius 2 is 1.61 bits per heavy atom. The molecule has 2 aromatic carbocycles. The maximum absolute atomic E-state index is 13.4. The number of aryl methyl sites for hydroxylation is 1. The molecule has 190 valence electrons. The standard InChI is InChI=1S/C31H38N2O3/c1-3-5-6-8-14-27-16-18-28(19-17-27)31(35)33(21-4-2)25-30(34)32(24-29-15-11-23-36-29)22-20-26-12-9-7-10-13-26/h4,7,9-13,15-19,23H,2-3,5-6,8,14,20-22,24-25H2,1H3. The van der Waals surface area contributed by atoms with Crippen LogP contribution in [0, 0.1) is 0 Å². The number of nitrogens with zero attached hydrogens (tertiary/aromatic N) is 2. The lowest BCUT2D eigenvalue weighted by Crippen LogP contribution is -2.43. The van der Waals surface area contributed by atoms with Gasteiger partial charge in [-0.1, -0.05) is 74.7 Å². The van der Waals surface area contributed by atoms with Gasteiger partial charge >= 0.3 is 0 Å². The van der Waals surface area contributed by atoms with Crippen molar-refractivity contribution in [1.82, 2.24) is 9.80 Å². The molecule has 0 aliphatic rings. The van der Waals surface area contributed by atoms with Crippen molar-refractivity contribution in [2.45, 2.75) is 52.0 Å². The highest BCUT2D eigenvalue weighted by Crippen LogP contribution is 2.13. The van der Waals surface area contributed by atoms with Crippen molar-refractivity contribution < 1.29 is 14.0 Å². The first kappa shape index (κ1) is 27.0. The van der Waals surface area contributed by atoms with Crippen LogP contribution in [-0.2, 0) is 24.2 Å². The Bertz CT molecular complexity index is 1060. The minimum absolute atomic E-state index is 0.0148. The summed E-state index contributed by atoms with van der Waals surface area (Å²) >= 11 is 0. The van der Waals surface area contributed by atoms with Crippen LogP contribution in [0.25, 0.3) is 0 Å². The molecule has 0 bridgehead atoms. The van der Waals surface area contributed by atoms with Gasteiger partial charge in [0.1, 0.15) is 12.3 Å². The number of benzene rings is 2. The van der Waals surface area contributed by atoms with Crippen molar-refractivity contribution in [1.29, 1.82) is 0 Å². The van der Waals surface area contributed by atoms with Crippen LogP contribution in [0.4, 0.5) is 0 Å². The summed E-state index contributed by atoms with van der Waals surface area (Å²) in [5, 5.41) is 0. The minimum atomic E-state index is -0.165. The third kappa shape index (κ3) is 8.56. The topological polar surface area (TPSA) is 53.8 Å². The van der Waals surface area contributed by atoms with Crippen molar-refractivity contribution in [3.05, 3.63) is 108 Å². The Labute approximate surface area is 215 Å². The second kappa shape index (κ2) is 14.7. The predicted molar refractivity (Wildman–Crippen MR) is 145 cm³/mol. The molecule has 0 radical (unpaired) electrons. The monoisotopic (exact) mass is 486 g/mol. The van der Waals surface area contributed by atoms with Gasteiger partial charge in [0.15, 0.2) is 0 Å². The second-order valence-electron chi connectivity index (χ2n) is 9.11. The molecule has 3 aromatic rings. The number of hydrogen-bond acceptors (Lipinski definition) is 3. The smallest absolute Gasteiger partial charge is 0.254 e. The lowest BCUT2D eigenvalue weighted by Gasteiger charge is -2.27. The SMILES string of the molecule is C=CCN(CC(=O)N(CCc1ccccc1)Cc1ccco1)C(=O)c1ccc(CCCCCC)cc1. The van der Waals surface area contributed by atoms with E-state index in [0.29, 0.717) is 31.0 Å². The fourth-order valence-electron chi connectivity index (χ4n) is 4.18. The van der Waals surface area contributed by atoms with Crippen LogP contribution in [0.5, 0.6) is 0 Å². The molecule has 1 heterocycles. The fourth-order valence-corrected chi connectivity index (χ4v) is 4.18. The molecule has 3 rings (SSSR count). The number of hydrogen-bond donors (Lipinski definition) is 0. The van der Waals surface area contributed by atoms with E-state index in [1.165, 1.54) is 24.8 Å². The van der Waals surface area contributed by atoms with Crippen molar-refractivity contribution in [3.63, 3.8) is 0 Å². The molecule has 0 N–H and O–H groups in total. The summed E-state index contributed by atoms with van der Waals surface area (Å²) in [5.74, 6) is 0.430. The molecule has 2 amide bonds. The maximum Gasteiger partial charge on any atom is 0.254 e. The molecule has 0 atom stereocenters. The summed E-state index contributed by atoms with van der Waals surface area (Å²) in [5.41, 5.74) is 2.98. The zero-order valence-corrected chi connectivity index (χ0v) is 21.4. The summed E-state index contributed by atoms with van der Waals surface area (Å²) in [4.78, 5) is 30.0. The molecule has 5 nitrogen and oxygen atoms in total. The largest absolute Gasteiger partial charge is 0.467 e. The van der Waals surface area contributed by atoms with Crippen molar-refractivity contribution >= 4 is 11.8 Å². The summed E-state index contributed by atoms with van der Waals surface area (Å²) < 4.78 is 5.50. The summed E-state index contributed by atoms with van der Waals surface area (Å²) in [6, 6.07) is 21.5. The molecule has 5 heteroatoms. The fraction of sp³-hybridized carbons (Fsp3) is 0.355. The molecule has 0 aliphatic carbocycles. The van der Waals surface area contributed by atoms with E-state index in [1.54, 1.807) is 22.1 Å². The number of carbonyl (C=O) groups excluding carboxylic acids is 2. The lowest BCUT2D eigenvalue weighted by molar-refractivity contribution is -0.132. The predicted octanol–water partition coefficient (Wildman–Crippen LogP) is 6.30. The van der Waals surface area contributed by atoms with Gasteiger partial charge in [-0.15, -0.1) is 6.58 Å². The van der Waals surface area contributed by atoms with Gasteiger partial charge in [0.05, 0.1) is 12.8 Å². The molecular weight excluding hydrogens is 448 g/mol. The highest BCUT2D eigenvalue weighted by atomic mass is 16.3. The minimum Gasteiger partial charge on any atom is -0.467 e. The highest BCUT2D eigenvalue weighted by Gasteiger charge is 2.22. The Kier molecular flexibility index (Phi) is 11.0. The Morgan fingerprint density at radius 1 is 0.861 bits per heavy atom. The van der Waals surface area contributed by atoms with Gasteiger partial charge in [0, 0.05) is 18.7 Å². The van der Waals surface area contributed by atoms with Gasteiger partial charge in [0.2, 0.25) is 5.91 Å². The number of amides is 2. The van der Waals surface area contributed by atoms with Crippen LogP contribution in [0.1, 0.15) is 59.9 Å². The van der Waals surface area contributed by atoms with Crippen LogP contribution in [0.15, 0.2) is 90.1 Å². The lowest BCUT2D eigenvalue weighted by atomic mass is 10.0. The van der Waals surface area contributed by atoms with Crippen LogP contribution in [0.3, 0.4) is 0 Å². The van der Waals surface area contributed by atoms with E-state index in [-0.39, 0.29) is 18.4 Å². The van der Waals surface area contributed by atoms with E-state index in [9.17, 15) is 9.59 Å². The van der Waals surface area contributed by atoms with Crippen molar-refractivity contribution in [3.8, 4) is 0 Å². The van der Waals surface area contributed by atoms with E-state index in [4.69, 9.17) is 4.42 Å². The van der Waals surface area contributed by atoms with Gasteiger partial charge in [-0.05, 0) is 54.7 Å². The summed E-state index contributed by atoms with van der Waals surface area (Å²) in [6.07, 6.45) is 9.87. The van der Waals surface area contributed by atoms with Crippen LogP contribution in [0.2, 0.25) is 0 Å². The van der Waals surface area contributed by atoms with Crippen LogP contribution < -0.4 is 0 Å². The first-order valence-corrected chi connectivity index (χ1v) is 12.9. The summed E-state index contributed by atoms with van der Waals surface area (Å²) in [6.45, 7) is 7.19. The molecule has 0 unspecified atom stereocenters. The zero-order valence-electron chi connectivity index (χ0n) is 21.4. The van der Waals surface area contributed by atoms with Gasteiger partial charge in [0.25, 0.3) is 5.91 Å². The van der Waals surface area contributed by atoms with Crippen molar-refractivity contribution in [2.24, 2.45) is 0 Å². The quantitative estimate of drug-likeness (QED) is 0.187. The molecular formula is C31H38N2O3. The molecule has 0 spiro atoms. The molecule has 0 saturated carbocycles. The molecule has 1 aromatic heterocycles. The van der Waals surface area contributed by atoms with Crippen molar-refractivity contribution in [2.75, 3.05) is 19.6 Å². The van der Waals surface area contributed by atoms with E-state index in [2.05, 4.69) is 25.6 Å². The molecule has 0 aliphatic heterocycles. The van der Waals surface area contributed by atoms with E-state index in [0.717, 1.165) is 24.8 Å². The first-order chi connectivity index (χ1) is 17.6. The number of unbranched alkanes of at least 4 members (excludes halogenated alkanes) is 3. The third-order valence-corrected chi connectivity index (χ3v) is 6.28. The number of carbonyl (C=O) groups is 2. The average Bonchev–Trinajstić information content (AvgIpc) is 3.42.